The fourth-order valence-corrected chi connectivity index (χ4v) is 2.83. The van der Waals surface area contributed by atoms with Crippen LogP contribution in [-0.2, 0) is 12.8 Å². The Labute approximate surface area is 135 Å². The second kappa shape index (κ2) is 8.00. The third kappa shape index (κ3) is 4.11. The summed E-state index contributed by atoms with van der Waals surface area (Å²) >= 11 is 0. The average Bonchev–Trinajstić information content (AvgIpc) is 2.55. The maximum absolute atomic E-state index is 5.73. The van der Waals surface area contributed by atoms with Gasteiger partial charge in [0.2, 0.25) is 0 Å². The Morgan fingerprint density at radius 2 is 1.68 bits per heavy atom. The zero-order valence-corrected chi connectivity index (χ0v) is 13.9. The first kappa shape index (κ1) is 16.6. The van der Waals surface area contributed by atoms with Crippen molar-refractivity contribution in [2.24, 2.45) is 5.73 Å². The van der Waals surface area contributed by atoms with Crippen molar-refractivity contribution < 1.29 is 0 Å². The van der Waals surface area contributed by atoms with Gasteiger partial charge in [-0.25, -0.2) is 0 Å². The lowest BCUT2D eigenvalue weighted by molar-refractivity contribution is 0.450. The van der Waals surface area contributed by atoms with Crippen LogP contribution in [-0.4, -0.2) is 18.0 Å². The van der Waals surface area contributed by atoms with Crippen LogP contribution >= 0.6 is 0 Å². The molecule has 118 valence electrons. The molecule has 0 unspecified atom stereocenters. The number of hydrogen-bond acceptors (Lipinski definition) is 2. The summed E-state index contributed by atoms with van der Waals surface area (Å²) in [7, 11) is 0. The van der Waals surface area contributed by atoms with E-state index in [4.69, 9.17) is 5.73 Å². The predicted molar refractivity (Wildman–Crippen MR) is 95.5 cm³/mol. The second-order valence-electron chi connectivity index (χ2n) is 5.82. The molecule has 1 aliphatic rings. The number of allylic oxidation sites excluding steroid dienone is 4. The highest BCUT2D eigenvalue weighted by atomic mass is 15.1. The van der Waals surface area contributed by atoms with Crippen LogP contribution in [0.2, 0.25) is 0 Å². The molecular weight excluding hydrogens is 268 g/mol. The molecule has 1 aromatic carbocycles. The standard InChI is InChI=1S/C20H28N2/c1-4-17-6-8-18(9-7-17)10-11-19-15-22(13-12-21)20(5-2)14-16(19)3/h6-9,14-15H,3-5,10-13,21H2,1-2H3. The molecule has 0 fully saturated rings. The van der Waals surface area contributed by atoms with Crippen molar-refractivity contribution in [1.29, 1.82) is 0 Å². The van der Waals surface area contributed by atoms with Gasteiger partial charge in [-0.15, -0.1) is 0 Å². The van der Waals surface area contributed by atoms with E-state index >= 15 is 0 Å². The van der Waals surface area contributed by atoms with Gasteiger partial charge in [-0.1, -0.05) is 44.7 Å². The molecular formula is C20H28N2. The van der Waals surface area contributed by atoms with E-state index in [-0.39, 0.29) is 0 Å². The van der Waals surface area contributed by atoms with Crippen LogP contribution in [0, 0.1) is 0 Å². The molecule has 2 heteroatoms. The summed E-state index contributed by atoms with van der Waals surface area (Å²) in [5.41, 5.74) is 12.3. The average molecular weight is 296 g/mol. The molecule has 0 atom stereocenters. The molecule has 0 aromatic heterocycles. The molecule has 0 aliphatic carbocycles. The fraction of sp³-hybridized carbons (Fsp3) is 0.400. The topological polar surface area (TPSA) is 29.3 Å². The third-order valence-electron chi connectivity index (χ3n) is 4.28. The number of hydrogen-bond donors (Lipinski definition) is 1. The summed E-state index contributed by atoms with van der Waals surface area (Å²) in [5, 5.41) is 0. The van der Waals surface area contributed by atoms with Gasteiger partial charge in [-0.3, -0.25) is 0 Å². The van der Waals surface area contributed by atoms with E-state index in [1.807, 2.05) is 0 Å². The highest BCUT2D eigenvalue weighted by Gasteiger charge is 2.14. The lowest BCUT2D eigenvalue weighted by atomic mass is 9.96. The fourth-order valence-electron chi connectivity index (χ4n) is 2.83. The molecule has 0 spiro atoms. The summed E-state index contributed by atoms with van der Waals surface area (Å²) < 4.78 is 0. The van der Waals surface area contributed by atoms with Gasteiger partial charge in [-0.2, -0.15) is 0 Å². The van der Waals surface area contributed by atoms with E-state index in [1.54, 1.807) is 0 Å². The van der Waals surface area contributed by atoms with E-state index in [9.17, 15) is 0 Å². The first-order valence-corrected chi connectivity index (χ1v) is 8.33. The van der Waals surface area contributed by atoms with Crippen molar-refractivity contribution in [3.63, 3.8) is 0 Å². The molecule has 1 heterocycles. The van der Waals surface area contributed by atoms with Crippen molar-refractivity contribution in [1.82, 2.24) is 4.90 Å². The van der Waals surface area contributed by atoms with Gasteiger partial charge in [0.05, 0.1) is 0 Å². The van der Waals surface area contributed by atoms with Crippen molar-refractivity contribution in [2.45, 2.75) is 39.5 Å². The zero-order chi connectivity index (χ0) is 15.9. The minimum atomic E-state index is 0.673. The number of rotatable bonds is 7. The molecule has 2 nitrogen and oxygen atoms in total. The summed E-state index contributed by atoms with van der Waals surface area (Å²) in [6.07, 6.45) is 8.65. The number of nitrogens with zero attached hydrogens (tertiary/aromatic N) is 1. The molecule has 0 radical (unpaired) electrons. The Morgan fingerprint density at radius 3 is 2.27 bits per heavy atom. The smallest absolute Gasteiger partial charge is 0.0345 e. The highest BCUT2D eigenvalue weighted by Crippen LogP contribution is 2.27. The number of benzene rings is 1. The Morgan fingerprint density at radius 1 is 1.00 bits per heavy atom. The van der Waals surface area contributed by atoms with Crippen LogP contribution in [0.4, 0.5) is 0 Å². The Hall–Kier alpha value is -1.80. The largest absolute Gasteiger partial charge is 0.350 e. The maximum Gasteiger partial charge on any atom is 0.0345 e. The molecule has 1 aromatic rings. The Balaban J connectivity index is 2.03. The lowest BCUT2D eigenvalue weighted by Crippen LogP contribution is -2.26. The molecule has 22 heavy (non-hydrogen) atoms. The van der Waals surface area contributed by atoms with Crippen molar-refractivity contribution >= 4 is 0 Å². The van der Waals surface area contributed by atoms with Crippen molar-refractivity contribution in [2.75, 3.05) is 13.1 Å². The van der Waals surface area contributed by atoms with Crippen LogP contribution in [0.3, 0.4) is 0 Å². The van der Waals surface area contributed by atoms with E-state index in [2.05, 4.69) is 61.9 Å². The van der Waals surface area contributed by atoms with Crippen LogP contribution in [0.5, 0.6) is 0 Å². The predicted octanol–water partition coefficient (Wildman–Crippen LogP) is 4.19. The Bertz CT molecular complexity index is 564. The minimum Gasteiger partial charge on any atom is -0.350 e. The van der Waals surface area contributed by atoms with Crippen LogP contribution in [0.1, 0.15) is 37.8 Å². The van der Waals surface area contributed by atoms with Crippen LogP contribution < -0.4 is 5.73 Å². The molecule has 2 rings (SSSR count). The van der Waals surface area contributed by atoms with Crippen molar-refractivity contribution in [3.05, 3.63) is 71.1 Å². The Kier molecular flexibility index (Phi) is 6.02. The lowest BCUT2D eigenvalue weighted by Gasteiger charge is -2.29. The molecule has 2 N–H and O–H groups in total. The molecule has 0 bridgehead atoms. The summed E-state index contributed by atoms with van der Waals surface area (Å²) in [5.74, 6) is 0. The minimum absolute atomic E-state index is 0.673. The highest BCUT2D eigenvalue weighted by molar-refractivity contribution is 5.43. The monoisotopic (exact) mass is 296 g/mol. The first-order chi connectivity index (χ1) is 10.7. The zero-order valence-electron chi connectivity index (χ0n) is 13.9. The number of nitrogens with two attached hydrogens (primary N) is 1. The SMILES string of the molecule is C=C1C=C(CC)N(CCN)C=C1CCc1ccc(CC)cc1. The van der Waals surface area contributed by atoms with Gasteiger partial charge in [-0.05, 0) is 54.0 Å². The summed E-state index contributed by atoms with van der Waals surface area (Å²) in [6, 6.07) is 8.95. The van der Waals surface area contributed by atoms with E-state index in [0.29, 0.717) is 6.54 Å². The maximum atomic E-state index is 5.73. The van der Waals surface area contributed by atoms with Gasteiger partial charge < -0.3 is 10.6 Å². The van der Waals surface area contributed by atoms with E-state index in [0.717, 1.165) is 37.8 Å². The molecule has 0 saturated carbocycles. The third-order valence-corrected chi connectivity index (χ3v) is 4.28. The molecule has 1 aliphatic heterocycles. The van der Waals surface area contributed by atoms with Gasteiger partial charge in [0.1, 0.15) is 0 Å². The van der Waals surface area contributed by atoms with Gasteiger partial charge in [0.25, 0.3) is 0 Å². The summed E-state index contributed by atoms with van der Waals surface area (Å²) in [4.78, 5) is 2.28. The number of aryl methyl sites for hydroxylation is 2. The normalized spacial score (nSPS) is 14.9. The van der Waals surface area contributed by atoms with Gasteiger partial charge in [0, 0.05) is 25.0 Å². The molecule has 0 amide bonds. The van der Waals surface area contributed by atoms with Gasteiger partial charge >= 0.3 is 0 Å². The van der Waals surface area contributed by atoms with Gasteiger partial charge in [0.15, 0.2) is 0 Å². The van der Waals surface area contributed by atoms with E-state index in [1.165, 1.54) is 22.4 Å². The second-order valence-corrected chi connectivity index (χ2v) is 5.82. The first-order valence-electron chi connectivity index (χ1n) is 8.33. The van der Waals surface area contributed by atoms with Crippen molar-refractivity contribution in [3.8, 4) is 0 Å². The quantitative estimate of drug-likeness (QED) is 0.817. The van der Waals surface area contributed by atoms with Crippen LogP contribution in [0.15, 0.2) is 60.0 Å². The molecule has 0 saturated heterocycles. The van der Waals surface area contributed by atoms with Crippen LogP contribution in [0.25, 0.3) is 0 Å². The summed E-state index contributed by atoms with van der Waals surface area (Å²) in [6.45, 7) is 10.1. The van der Waals surface area contributed by atoms with E-state index < -0.39 is 0 Å².